The second kappa shape index (κ2) is 4.96. The van der Waals surface area contributed by atoms with Crippen LogP contribution >= 0.6 is 0 Å². The van der Waals surface area contributed by atoms with Gasteiger partial charge in [0.1, 0.15) is 5.82 Å². The average molecular weight is 270 g/mol. The highest BCUT2D eigenvalue weighted by molar-refractivity contribution is 5.90. The van der Waals surface area contributed by atoms with E-state index in [1.54, 1.807) is 12.1 Å². The molecule has 0 saturated heterocycles. The maximum atomic E-state index is 12.9. The summed E-state index contributed by atoms with van der Waals surface area (Å²) in [6, 6.07) is 15.3. The van der Waals surface area contributed by atoms with Gasteiger partial charge in [0.15, 0.2) is 0 Å². The van der Waals surface area contributed by atoms with Gasteiger partial charge in [0.25, 0.3) is 0 Å². The molecule has 1 aliphatic carbocycles. The second-order valence-corrected chi connectivity index (χ2v) is 5.03. The van der Waals surface area contributed by atoms with Crippen LogP contribution in [0.2, 0.25) is 0 Å². The molecule has 2 aromatic rings. The van der Waals surface area contributed by atoms with Crippen molar-refractivity contribution < 1.29 is 9.18 Å². The number of carbonyl (C=O) groups is 1. The van der Waals surface area contributed by atoms with Crippen LogP contribution in [0.15, 0.2) is 54.6 Å². The number of amides is 2. The van der Waals surface area contributed by atoms with Crippen molar-refractivity contribution in [3.05, 3.63) is 66.0 Å². The minimum absolute atomic E-state index is 0.238. The van der Waals surface area contributed by atoms with Crippen molar-refractivity contribution in [1.29, 1.82) is 0 Å². The molecule has 1 aliphatic rings. The van der Waals surface area contributed by atoms with E-state index >= 15 is 0 Å². The van der Waals surface area contributed by atoms with Gasteiger partial charge in [-0.05, 0) is 42.7 Å². The molecule has 0 atom stereocenters. The number of hydrogen-bond acceptors (Lipinski definition) is 1. The first-order valence-corrected chi connectivity index (χ1v) is 6.58. The predicted molar refractivity (Wildman–Crippen MR) is 75.9 cm³/mol. The van der Waals surface area contributed by atoms with Crippen molar-refractivity contribution in [2.24, 2.45) is 0 Å². The van der Waals surface area contributed by atoms with E-state index in [1.165, 1.54) is 12.1 Å². The molecule has 0 heterocycles. The summed E-state index contributed by atoms with van der Waals surface area (Å²) in [7, 11) is 0. The van der Waals surface area contributed by atoms with Gasteiger partial charge in [-0.15, -0.1) is 0 Å². The lowest BCUT2D eigenvalue weighted by atomic mass is 10.1. The van der Waals surface area contributed by atoms with Crippen LogP contribution in [0.25, 0.3) is 0 Å². The Kier molecular flexibility index (Phi) is 3.14. The monoisotopic (exact) mass is 270 g/mol. The quantitative estimate of drug-likeness (QED) is 0.878. The minimum atomic E-state index is -0.341. The van der Waals surface area contributed by atoms with Crippen LogP contribution < -0.4 is 10.6 Å². The highest BCUT2D eigenvalue weighted by atomic mass is 19.1. The number of rotatable bonds is 3. The highest BCUT2D eigenvalue weighted by Crippen LogP contribution is 2.45. The third kappa shape index (κ3) is 2.64. The molecule has 3 rings (SSSR count). The van der Waals surface area contributed by atoms with E-state index < -0.39 is 0 Å². The van der Waals surface area contributed by atoms with Gasteiger partial charge in [-0.1, -0.05) is 30.3 Å². The molecule has 2 aromatic carbocycles. The molecule has 3 nitrogen and oxygen atoms in total. The summed E-state index contributed by atoms with van der Waals surface area (Å²) in [6.07, 6.45) is 1.75. The normalized spacial score (nSPS) is 15.4. The number of halogens is 1. The highest BCUT2D eigenvalue weighted by Gasteiger charge is 2.45. The lowest BCUT2D eigenvalue weighted by molar-refractivity contribution is 0.247. The largest absolute Gasteiger partial charge is 0.328 e. The molecule has 2 amide bonds. The van der Waals surface area contributed by atoms with Gasteiger partial charge in [0.2, 0.25) is 0 Å². The van der Waals surface area contributed by atoms with Crippen molar-refractivity contribution in [3.8, 4) is 0 Å². The smallest absolute Gasteiger partial charge is 0.319 e. The van der Waals surface area contributed by atoms with Gasteiger partial charge in [0.05, 0.1) is 5.54 Å². The summed E-state index contributed by atoms with van der Waals surface area (Å²) < 4.78 is 12.9. The van der Waals surface area contributed by atoms with E-state index in [-0.39, 0.29) is 17.4 Å². The molecular weight excluding hydrogens is 255 g/mol. The van der Waals surface area contributed by atoms with E-state index in [2.05, 4.69) is 10.6 Å². The molecule has 2 N–H and O–H groups in total. The number of nitrogens with one attached hydrogen (secondary N) is 2. The fraction of sp³-hybridized carbons (Fsp3) is 0.188. The Morgan fingerprint density at radius 3 is 2.25 bits per heavy atom. The van der Waals surface area contributed by atoms with Crippen molar-refractivity contribution in [3.63, 3.8) is 0 Å². The average Bonchev–Trinajstić information content (AvgIpc) is 3.21. The van der Waals surface area contributed by atoms with Crippen LogP contribution in [0, 0.1) is 5.82 Å². The zero-order chi connectivity index (χ0) is 14.0. The van der Waals surface area contributed by atoms with E-state index in [9.17, 15) is 9.18 Å². The van der Waals surface area contributed by atoms with Gasteiger partial charge in [-0.3, -0.25) is 0 Å². The van der Waals surface area contributed by atoms with E-state index in [4.69, 9.17) is 0 Å². The van der Waals surface area contributed by atoms with E-state index in [1.807, 2.05) is 30.3 Å². The number of benzene rings is 2. The van der Waals surface area contributed by atoms with Crippen LogP contribution in [-0.4, -0.2) is 6.03 Å². The number of anilines is 1. The second-order valence-electron chi connectivity index (χ2n) is 5.03. The standard InChI is InChI=1S/C16H15FN2O/c17-13-8-6-12(7-9-13)16(10-11-16)19-15(20)18-14-4-2-1-3-5-14/h1-9H,10-11H2,(H2,18,19,20). The Labute approximate surface area is 116 Å². The van der Waals surface area contributed by atoms with Crippen LogP contribution in [0.4, 0.5) is 14.9 Å². The molecule has 0 spiro atoms. The minimum Gasteiger partial charge on any atom is -0.328 e. The number of para-hydroxylation sites is 1. The van der Waals surface area contributed by atoms with Gasteiger partial charge in [0, 0.05) is 5.69 Å². The summed E-state index contributed by atoms with van der Waals surface area (Å²) in [5, 5.41) is 5.77. The lowest BCUT2D eigenvalue weighted by Crippen LogP contribution is -2.38. The SMILES string of the molecule is O=C(Nc1ccccc1)NC1(c2ccc(F)cc2)CC1. The maximum absolute atomic E-state index is 12.9. The molecule has 0 aromatic heterocycles. The lowest BCUT2D eigenvalue weighted by Gasteiger charge is -2.18. The third-order valence-electron chi connectivity index (χ3n) is 3.53. The first kappa shape index (κ1) is 12.7. The number of hydrogen-bond donors (Lipinski definition) is 2. The Morgan fingerprint density at radius 1 is 1.00 bits per heavy atom. The fourth-order valence-electron chi connectivity index (χ4n) is 2.28. The molecule has 4 heteroatoms. The first-order chi connectivity index (χ1) is 9.68. The van der Waals surface area contributed by atoms with Crippen LogP contribution in [0.1, 0.15) is 18.4 Å². The Morgan fingerprint density at radius 2 is 1.65 bits per heavy atom. The maximum Gasteiger partial charge on any atom is 0.319 e. The topological polar surface area (TPSA) is 41.1 Å². The number of carbonyl (C=O) groups excluding carboxylic acids is 1. The van der Waals surface area contributed by atoms with Crippen molar-refractivity contribution in [2.75, 3.05) is 5.32 Å². The van der Waals surface area contributed by atoms with Gasteiger partial charge in [-0.25, -0.2) is 9.18 Å². The molecule has 1 saturated carbocycles. The fourth-order valence-corrected chi connectivity index (χ4v) is 2.28. The summed E-state index contributed by atoms with van der Waals surface area (Å²) in [5.41, 5.74) is 1.36. The van der Waals surface area contributed by atoms with E-state index in [0.717, 1.165) is 24.1 Å². The van der Waals surface area contributed by atoms with Crippen molar-refractivity contribution >= 4 is 11.7 Å². The zero-order valence-electron chi connectivity index (χ0n) is 10.9. The molecule has 102 valence electrons. The Hall–Kier alpha value is -2.36. The molecule has 1 fully saturated rings. The molecule has 0 unspecified atom stereocenters. The van der Waals surface area contributed by atoms with Gasteiger partial charge in [-0.2, -0.15) is 0 Å². The Balaban J connectivity index is 1.68. The van der Waals surface area contributed by atoms with Crippen LogP contribution in [0.3, 0.4) is 0 Å². The first-order valence-electron chi connectivity index (χ1n) is 6.58. The van der Waals surface area contributed by atoms with Crippen molar-refractivity contribution in [1.82, 2.24) is 5.32 Å². The summed E-state index contributed by atoms with van der Waals surface area (Å²) >= 11 is 0. The molecule has 0 radical (unpaired) electrons. The van der Waals surface area contributed by atoms with E-state index in [0.29, 0.717) is 0 Å². The molecule has 0 bridgehead atoms. The van der Waals surface area contributed by atoms with Gasteiger partial charge >= 0.3 is 6.03 Å². The summed E-state index contributed by atoms with van der Waals surface area (Å²) in [6.45, 7) is 0. The summed E-state index contributed by atoms with van der Waals surface area (Å²) in [5.74, 6) is -0.265. The summed E-state index contributed by atoms with van der Waals surface area (Å²) in [4.78, 5) is 12.0. The molecule has 20 heavy (non-hydrogen) atoms. The van der Waals surface area contributed by atoms with Gasteiger partial charge < -0.3 is 10.6 Å². The molecular formula is C16H15FN2O. The third-order valence-corrected chi connectivity index (χ3v) is 3.53. The van der Waals surface area contributed by atoms with Crippen LogP contribution in [0.5, 0.6) is 0 Å². The van der Waals surface area contributed by atoms with Crippen molar-refractivity contribution in [2.45, 2.75) is 18.4 Å². The zero-order valence-corrected chi connectivity index (χ0v) is 10.9. The molecule has 0 aliphatic heterocycles. The Bertz CT molecular complexity index is 606. The van der Waals surface area contributed by atoms with Crippen LogP contribution in [-0.2, 0) is 5.54 Å². The number of urea groups is 1. The predicted octanol–water partition coefficient (Wildman–Crippen LogP) is 3.64.